The van der Waals surface area contributed by atoms with Gasteiger partial charge in [0.2, 0.25) is 5.78 Å². The summed E-state index contributed by atoms with van der Waals surface area (Å²) >= 11 is 3.32. The van der Waals surface area contributed by atoms with E-state index in [1.54, 1.807) is 0 Å². The molecule has 0 aliphatic heterocycles. The third-order valence-corrected chi connectivity index (χ3v) is 2.55. The quantitative estimate of drug-likeness (QED) is 0.837. The lowest BCUT2D eigenvalue weighted by Gasteiger charge is -1.99. The summed E-state index contributed by atoms with van der Waals surface area (Å²) < 4.78 is 1.01. The summed E-state index contributed by atoms with van der Waals surface area (Å²) in [6.07, 6.45) is 1.41. The van der Waals surface area contributed by atoms with Crippen LogP contribution in [0, 0.1) is 0 Å². The molecule has 0 atom stereocenters. The van der Waals surface area contributed by atoms with E-state index in [1.165, 1.54) is 0 Å². The van der Waals surface area contributed by atoms with Crippen molar-refractivity contribution in [3.63, 3.8) is 0 Å². The number of halogens is 1. The van der Waals surface area contributed by atoms with E-state index in [0.29, 0.717) is 6.42 Å². The molecular weight excluding hydrogens is 260 g/mol. The van der Waals surface area contributed by atoms with Crippen LogP contribution in [0.15, 0.2) is 28.7 Å². The van der Waals surface area contributed by atoms with E-state index in [1.807, 2.05) is 24.3 Å². The molecule has 0 fully saturated rings. The number of carboxylic acid groups (broad SMARTS) is 1. The number of carbonyl (C=O) groups excluding carboxylic acids is 1. The Kier molecular flexibility index (Phi) is 4.49. The summed E-state index contributed by atoms with van der Waals surface area (Å²) in [5.74, 6) is -2.06. The van der Waals surface area contributed by atoms with Gasteiger partial charge in [-0.05, 0) is 30.5 Å². The minimum atomic E-state index is -1.34. The van der Waals surface area contributed by atoms with E-state index in [4.69, 9.17) is 5.11 Å². The van der Waals surface area contributed by atoms with Crippen LogP contribution in [0.5, 0.6) is 0 Å². The Morgan fingerprint density at radius 3 is 2.33 bits per heavy atom. The molecule has 4 heteroatoms. The van der Waals surface area contributed by atoms with Gasteiger partial charge in [-0.3, -0.25) is 4.79 Å². The molecule has 0 amide bonds. The van der Waals surface area contributed by atoms with Crippen molar-refractivity contribution in [2.24, 2.45) is 0 Å². The molecule has 0 radical (unpaired) electrons. The zero-order valence-corrected chi connectivity index (χ0v) is 9.66. The van der Waals surface area contributed by atoms with Crippen molar-refractivity contribution in [2.75, 3.05) is 0 Å². The SMILES string of the molecule is O=C(O)C(=O)CCCc1ccc(Br)cc1. The van der Waals surface area contributed by atoms with E-state index in [9.17, 15) is 9.59 Å². The fourth-order valence-corrected chi connectivity index (χ4v) is 1.48. The van der Waals surface area contributed by atoms with Crippen molar-refractivity contribution >= 4 is 27.7 Å². The molecule has 3 nitrogen and oxygen atoms in total. The number of carboxylic acids is 1. The Labute approximate surface area is 96.2 Å². The molecular formula is C11H11BrO3. The van der Waals surface area contributed by atoms with Gasteiger partial charge in [-0.2, -0.15) is 0 Å². The molecule has 0 aromatic heterocycles. The Balaban J connectivity index is 2.35. The van der Waals surface area contributed by atoms with Crippen molar-refractivity contribution < 1.29 is 14.7 Å². The molecule has 1 rings (SSSR count). The Bertz CT molecular complexity index is 357. The summed E-state index contributed by atoms with van der Waals surface area (Å²) in [7, 11) is 0. The fraction of sp³-hybridized carbons (Fsp3) is 0.273. The van der Waals surface area contributed by atoms with Crippen LogP contribution < -0.4 is 0 Å². The third kappa shape index (κ3) is 4.25. The largest absolute Gasteiger partial charge is 0.476 e. The number of ketones is 1. The first kappa shape index (κ1) is 11.9. The monoisotopic (exact) mass is 270 g/mol. The highest BCUT2D eigenvalue weighted by atomic mass is 79.9. The van der Waals surface area contributed by atoms with Crippen molar-refractivity contribution in [3.05, 3.63) is 34.3 Å². The fourth-order valence-electron chi connectivity index (χ4n) is 1.21. The molecule has 15 heavy (non-hydrogen) atoms. The van der Waals surface area contributed by atoms with Crippen LogP contribution in [0.25, 0.3) is 0 Å². The second-order valence-electron chi connectivity index (χ2n) is 3.21. The Hall–Kier alpha value is -1.16. The van der Waals surface area contributed by atoms with E-state index in [0.717, 1.165) is 16.5 Å². The number of hydrogen-bond donors (Lipinski definition) is 1. The summed E-state index contributed by atoms with van der Waals surface area (Å²) in [5.41, 5.74) is 1.11. The molecule has 0 spiro atoms. The minimum absolute atomic E-state index is 0.103. The number of Topliss-reactive ketones (excluding diaryl/α,β-unsaturated/α-hetero) is 1. The van der Waals surface area contributed by atoms with Gasteiger partial charge in [0.15, 0.2) is 0 Å². The molecule has 0 bridgehead atoms. The zero-order chi connectivity index (χ0) is 11.3. The molecule has 0 saturated heterocycles. The first-order chi connectivity index (χ1) is 7.09. The lowest BCUT2D eigenvalue weighted by Crippen LogP contribution is -2.12. The van der Waals surface area contributed by atoms with Crippen molar-refractivity contribution in [2.45, 2.75) is 19.3 Å². The van der Waals surface area contributed by atoms with Crippen LogP contribution in [0.4, 0.5) is 0 Å². The number of hydrogen-bond acceptors (Lipinski definition) is 2. The number of aryl methyl sites for hydroxylation is 1. The highest BCUT2D eigenvalue weighted by molar-refractivity contribution is 9.10. The first-order valence-electron chi connectivity index (χ1n) is 4.60. The Morgan fingerprint density at radius 1 is 1.20 bits per heavy atom. The van der Waals surface area contributed by atoms with E-state index < -0.39 is 11.8 Å². The molecule has 1 N–H and O–H groups in total. The maximum atomic E-state index is 10.8. The predicted molar refractivity (Wildman–Crippen MR) is 59.7 cm³/mol. The van der Waals surface area contributed by atoms with E-state index in [-0.39, 0.29) is 6.42 Å². The van der Waals surface area contributed by atoms with E-state index in [2.05, 4.69) is 15.9 Å². The molecule has 0 aliphatic carbocycles. The van der Waals surface area contributed by atoms with Gasteiger partial charge in [-0.1, -0.05) is 28.1 Å². The second-order valence-corrected chi connectivity index (χ2v) is 4.12. The van der Waals surface area contributed by atoms with E-state index >= 15 is 0 Å². The first-order valence-corrected chi connectivity index (χ1v) is 5.39. The van der Waals surface area contributed by atoms with Gasteiger partial charge in [-0.25, -0.2) is 4.79 Å². The number of rotatable bonds is 5. The normalized spacial score (nSPS) is 9.93. The topological polar surface area (TPSA) is 54.4 Å². The molecule has 0 aliphatic rings. The lowest BCUT2D eigenvalue weighted by atomic mass is 10.1. The summed E-state index contributed by atoms with van der Waals surface area (Å²) in [6, 6.07) is 7.76. The maximum absolute atomic E-state index is 10.8. The third-order valence-electron chi connectivity index (χ3n) is 2.02. The smallest absolute Gasteiger partial charge is 0.372 e. The van der Waals surface area contributed by atoms with Crippen LogP contribution in [-0.4, -0.2) is 16.9 Å². The average Bonchev–Trinajstić information content (AvgIpc) is 2.20. The summed E-state index contributed by atoms with van der Waals surface area (Å²) in [4.78, 5) is 21.0. The van der Waals surface area contributed by atoms with Gasteiger partial charge in [0.25, 0.3) is 0 Å². The standard InChI is InChI=1S/C11H11BrO3/c12-9-6-4-8(5-7-9)2-1-3-10(13)11(14)15/h4-7H,1-3H2,(H,14,15). The van der Waals surface area contributed by atoms with Crippen LogP contribution in [-0.2, 0) is 16.0 Å². The highest BCUT2D eigenvalue weighted by Gasteiger charge is 2.09. The van der Waals surface area contributed by atoms with Crippen molar-refractivity contribution in [1.82, 2.24) is 0 Å². The molecule has 0 unspecified atom stereocenters. The summed E-state index contributed by atoms with van der Waals surface area (Å²) in [6.45, 7) is 0. The van der Waals surface area contributed by atoms with Gasteiger partial charge < -0.3 is 5.11 Å². The Morgan fingerprint density at radius 2 is 1.80 bits per heavy atom. The lowest BCUT2D eigenvalue weighted by molar-refractivity contribution is -0.149. The molecule has 0 heterocycles. The molecule has 1 aromatic rings. The van der Waals surface area contributed by atoms with Crippen molar-refractivity contribution in [3.8, 4) is 0 Å². The number of benzene rings is 1. The van der Waals surface area contributed by atoms with Crippen molar-refractivity contribution in [1.29, 1.82) is 0 Å². The predicted octanol–water partition coefficient (Wildman–Crippen LogP) is 2.43. The second kappa shape index (κ2) is 5.66. The van der Waals surface area contributed by atoms with Gasteiger partial charge in [0, 0.05) is 10.9 Å². The maximum Gasteiger partial charge on any atom is 0.372 e. The zero-order valence-electron chi connectivity index (χ0n) is 8.07. The average molecular weight is 271 g/mol. The van der Waals surface area contributed by atoms with Crippen LogP contribution in [0.3, 0.4) is 0 Å². The van der Waals surface area contributed by atoms with Crippen LogP contribution in [0.2, 0.25) is 0 Å². The molecule has 0 saturated carbocycles. The minimum Gasteiger partial charge on any atom is -0.476 e. The molecule has 80 valence electrons. The van der Waals surface area contributed by atoms with Gasteiger partial charge >= 0.3 is 5.97 Å². The van der Waals surface area contributed by atoms with Gasteiger partial charge in [0.05, 0.1) is 0 Å². The molecule has 1 aromatic carbocycles. The van der Waals surface area contributed by atoms with Gasteiger partial charge in [0.1, 0.15) is 0 Å². The van der Waals surface area contributed by atoms with Crippen LogP contribution >= 0.6 is 15.9 Å². The number of carbonyl (C=O) groups is 2. The van der Waals surface area contributed by atoms with Crippen LogP contribution in [0.1, 0.15) is 18.4 Å². The summed E-state index contributed by atoms with van der Waals surface area (Å²) in [5, 5.41) is 8.36. The number of aliphatic carboxylic acids is 1. The van der Waals surface area contributed by atoms with Gasteiger partial charge in [-0.15, -0.1) is 0 Å². The highest BCUT2D eigenvalue weighted by Crippen LogP contribution is 2.12.